The Morgan fingerprint density at radius 1 is 0.565 bits per heavy atom. The zero-order valence-electron chi connectivity index (χ0n) is 28.8. The number of nitrogens with two attached hydrogens (primary N) is 2. The van der Waals surface area contributed by atoms with E-state index in [1.165, 1.54) is 100 Å². The van der Waals surface area contributed by atoms with Crippen LogP contribution in [0.15, 0.2) is 48.5 Å². The summed E-state index contributed by atoms with van der Waals surface area (Å²) >= 11 is 1.22. The van der Waals surface area contributed by atoms with Crippen LogP contribution in [0.2, 0.25) is 0 Å². The lowest BCUT2D eigenvalue weighted by molar-refractivity contribution is 0.636. The molecule has 0 spiro atoms. The molecule has 0 amide bonds. The van der Waals surface area contributed by atoms with Crippen molar-refractivity contribution in [3.8, 4) is 22.3 Å². The Labute approximate surface area is 282 Å². The molecule has 5 N–H and O–H groups in total. The lowest BCUT2D eigenvalue weighted by Crippen LogP contribution is -2.25. The molecule has 0 saturated carbocycles. The van der Waals surface area contributed by atoms with Crippen LogP contribution in [-0.2, 0) is 0 Å². The Balaban J connectivity index is 1.66. The maximum absolute atomic E-state index is 6.94. The van der Waals surface area contributed by atoms with Crippen molar-refractivity contribution < 1.29 is 0 Å². The molecular weight excluding hydrogens is 587 g/mol. The molecule has 0 bridgehead atoms. The average Bonchev–Trinajstić information content (AvgIpc) is 3.56. The maximum atomic E-state index is 6.94. The number of anilines is 4. The summed E-state index contributed by atoms with van der Waals surface area (Å²) in [6, 6.07) is 17.6. The Hall–Kier alpha value is -3.36. The molecule has 1 aromatic heterocycles. The molecule has 0 aliphatic carbocycles. The van der Waals surface area contributed by atoms with Crippen molar-refractivity contribution in [1.29, 1.82) is 0 Å². The van der Waals surface area contributed by atoms with Gasteiger partial charge in [-0.1, -0.05) is 103 Å². The van der Waals surface area contributed by atoms with Crippen LogP contribution in [0.5, 0.6) is 0 Å². The second kappa shape index (κ2) is 18.7. The molecule has 0 saturated heterocycles. The van der Waals surface area contributed by atoms with E-state index in [1.807, 2.05) is 0 Å². The molecule has 4 rings (SSSR count). The summed E-state index contributed by atoms with van der Waals surface area (Å²) < 4.78 is 9.55. The lowest BCUT2D eigenvalue weighted by Gasteiger charge is -2.26. The molecule has 3 aromatic carbocycles. The predicted octanol–water partition coefficient (Wildman–Crippen LogP) is 10.3. The van der Waals surface area contributed by atoms with Crippen molar-refractivity contribution in [2.75, 3.05) is 47.1 Å². The predicted molar refractivity (Wildman–Crippen MR) is 203 cm³/mol. The fraction of sp³-hybridized carbons (Fsp3) is 0.526. The van der Waals surface area contributed by atoms with E-state index in [2.05, 4.69) is 91.5 Å². The summed E-state index contributed by atoms with van der Waals surface area (Å²) in [4.78, 5) is 5.07. The number of hydrazine groups is 1. The van der Waals surface area contributed by atoms with Crippen LogP contribution >= 0.6 is 11.7 Å². The highest BCUT2D eigenvalue weighted by Gasteiger charge is 2.23. The number of benzene rings is 3. The molecule has 4 aromatic rings. The third-order valence-corrected chi connectivity index (χ3v) is 9.59. The standard InChI is InChI=1S/C38H57N7S/c1-5-9-13-25-44(26-14-10-6-2)31-21-17-29(18-22-31)33-35(39)36(41-40)34(38-37(33)42-46-43-38)30-19-23-32(24-20-30)45(27-15-11-7-3)28-16-12-8-4/h17-24,41H,5-16,25-28,39-40H2,1-4H3. The first kappa shape index (κ1) is 35.5. The average molecular weight is 644 g/mol. The summed E-state index contributed by atoms with van der Waals surface area (Å²) in [6.45, 7) is 13.4. The Kier molecular flexibility index (Phi) is 14.4. The van der Waals surface area contributed by atoms with Crippen molar-refractivity contribution in [3.05, 3.63) is 48.5 Å². The van der Waals surface area contributed by atoms with Gasteiger partial charge in [0.2, 0.25) is 0 Å². The first-order chi connectivity index (χ1) is 22.6. The molecule has 250 valence electrons. The highest BCUT2D eigenvalue weighted by atomic mass is 32.1. The highest BCUT2D eigenvalue weighted by Crippen LogP contribution is 2.46. The van der Waals surface area contributed by atoms with E-state index in [0.29, 0.717) is 11.4 Å². The highest BCUT2D eigenvalue weighted by molar-refractivity contribution is 7.00. The van der Waals surface area contributed by atoms with E-state index in [0.717, 1.165) is 59.5 Å². The smallest absolute Gasteiger partial charge is 0.115 e. The first-order valence-corrected chi connectivity index (χ1v) is 18.6. The molecule has 0 atom stereocenters. The van der Waals surface area contributed by atoms with Crippen LogP contribution in [0.4, 0.5) is 22.7 Å². The quantitative estimate of drug-likeness (QED) is 0.0360. The molecule has 0 unspecified atom stereocenters. The van der Waals surface area contributed by atoms with Gasteiger partial charge in [-0.25, -0.2) is 0 Å². The normalized spacial score (nSPS) is 11.3. The van der Waals surface area contributed by atoms with Gasteiger partial charge in [0.1, 0.15) is 11.0 Å². The monoisotopic (exact) mass is 643 g/mol. The SMILES string of the molecule is CCCCCN(CCCCC)c1ccc(-c2c(N)c(NN)c(-c3ccc(N(CCCCC)CCCCC)cc3)c3nsnc23)cc1. The van der Waals surface area contributed by atoms with Crippen LogP contribution in [0.25, 0.3) is 33.3 Å². The Morgan fingerprint density at radius 2 is 0.935 bits per heavy atom. The summed E-state index contributed by atoms with van der Waals surface area (Å²) in [5, 5.41) is 0. The summed E-state index contributed by atoms with van der Waals surface area (Å²) in [6.07, 6.45) is 14.8. The summed E-state index contributed by atoms with van der Waals surface area (Å²) in [5.41, 5.74) is 19.2. The molecular formula is C38H57N7S. The molecule has 1 heterocycles. The molecule has 0 fully saturated rings. The van der Waals surface area contributed by atoms with E-state index >= 15 is 0 Å². The molecule has 46 heavy (non-hydrogen) atoms. The zero-order chi connectivity index (χ0) is 32.7. The van der Waals surface area contributed by atoms with Crippen molar-refractivity contribution in [2.24, 2.45) is 5.84 Å². The van der Waals surface area contributed by atoms with Gasteiger partial charge in [-0.05, 0) is 61.1 Å². The first-order valence-electron chi connectivity index (χ1n) is 17.8. The fourth-order valence-corrected chi connectivity index (χ4v) is 6.93. The van der Waals surface area contributed by atoms with Gasteiger partial charge in [-0.15, -0.1) is 0 Å². The summed E-state index contributed by atoms with van der Waals surface area (Å²) in [7, 11) is 0. The lowest BCUT2D eigenvalue weighted by atomic mass is 9.93. The zero-order valence-corrected chi connectivity index (χ0v) is 29.6. The number of nitrogens with one attached hydrogen (secondary N) is 1. The van der Waals surface area contributed by atoms with Gasteiger partial charge >= 0.3 is 0 Å². The van der Waals surface area contributed by atoms with E-state index in [1.54, 1.807) is 0 Å². The van der Waals surface area contributed by atoms with Crippen LogP contribution < -0.4 is 26.8 Å². The number of fused-ring (bicyclic) bond motifs is 1. The van der Waals surface area contributed by atoms with Gasteiger partial charge in [0.25, 0.3) is 0 Å². The minimum absolute atomic E-state index is 0.595. The number of aromatic nitrogens is 2. The van der Waals surface area contributed by atoms with Crippen LogP contribution in [0.1, 0.15) is 105 Å². The van der Waals surface area contributed by atoms with E-state index in [4.69, 9.17) is 20.3 Å². The molecule has 0 aliphatic heterocycles. The van der Waals surface area contributed by atoms with Crippen molar-refractivity contribution >= 4 is 45.5 Å². The fourth-order valence-electron chi connectivity index (χ4n) is 6.37. The number of nitrogens with zero attached hydrogens (tertiary/aromatic N) is 4. The molecule has 8 heteroatoms. The molecule has 0 aliphatic rings. The van der Waals surface area contributed by atoms with Gasteiger partial charge in [-0.2, -0.15) is 8.75 Å². The van der Waals surface area contributed by atoms with E-state index in [-0.39, 0.29) is 0 Å². The number of hydrogen-bond donors (Lipinski definition) is 3. The van der Waals surface area contributed by atoms with Crippen molar-refractivity contribution in [2.45, 2.75) is 105 Å². The Bertz CT molecular complexity index is 1430. The van der Waals surface area contributed by atoms with Crippen LogP contribution in [0, 0.1) is 0 Å². The van der Waals surface area contributed by atoms with Gasteiger partial charge < -0.3 is 21.0 Å². The van der Waals surface area contributed by atoms with Crippen molar-refractivity contribution in [3.63, 3.8) is 0 Å². The van der Waals surface area contributed by atoms with Gasteiger partial charge in [0.05, 0.1) is 23.1 Å². The van der Waals surface area contributed by atoms with Crippen LogP contribution in [0.3, 0.4) is 0 Å². The van der Waals surface area contributed by atoms with Crippen LogP contribution in [-0.4, -0.2) is 34.9 Å². The largest absolute Gasteiger partial charge is 0.396 e. The van der Waals surface area contributed by atoms with E-state index in [9.17, 15) is 0 Å². The number of hydrogen-bond acceptors (Lipinski definition) is 8. The molecule has 0 radical (unpaired) electrons. The third-order valence-electron chi connectivity index (χ3n) is 9.06. The number of rotatable bonds is 21. The number of nitrogen functional groups attached to an aromatic ring is 2. The van der Waals surface area contributed by atoms with Crippen molar-refractivity contribution in [1.82, 2.24) is 8.75 Å². The minimum atomic E-state index is 0.595. The maximum Gasteiger partial charge on any atom is 0.115 e. The summed E-state index contributed by atoms with van der Waals surface area (Å²) in [5.74, 6) is 6.20. The topological polar surface area (TPSA) is 96.3 Å². The molecule has 7 nitrogen and oxygen atoms in total. The number of unbranched alkanes of at least 4 members (excludes halogenated alkanes) is 8. The van der Waals surface area contributed by atoms with Gasteiger partial charge in [0.15, 0.2) is 0 Å². The third kappa shape index (κ3) is 8.91. The second-order valence-corrected chi connectivity index (χ2v) is 13.1. The Morgan fingerprint density at radius 3 is 1.30 bits per heavy atom. The van der Waals surface area contributed by atoms with Gasteiger partial charge in [0, 0.05) is 48.7 Å². The second-order valence-electron chi connectivity index (χ2n) is 12.5. The van der Waals surface area contributed by atoms with E-state index < -0.39 is 0 Å². The minimum Gasteiger partial charge on any atom is -0.396 e. The van der Waals surface area contributed by atoms with Gasteiger partial charge in [-0.3, -0.25) is 5.84 Å².